The van der Waals surface area contributed by atoms with Crippen molar-refractivity contribution in [1.29, 1.82) is 0 Å². The summed E-state index contributed by atoms with van der Waals surface area (Å²) in [5.74, 6) is -2.35. The number of amides is 4. The molecule has 4 rings (SSSR count). The normalized spacial score (nSPS) is 18.2. The summed E-state index contributed by atoms with van der Waals surface area (Å²) in [5.41, 5.74) is -2.82. The lowest BCUT2D eigenvalue weighted by Gasteiger charge is -2.22. The lowest BCUT2D eigenvalue weighted by Crippen LogP contribution is -2.42. The Balaban J connectivity index is 1.54. The molecule has 1 atom stereocenters. The van der Waals surface area contributed by atoms with Gasteiger partial charge in [-0.15, -0.1) is 0 Å². The van der Waals surface area contributed by atoms with Gasteiger partial charge in [0.1, 0.15) is 17.9 Å². The number of carbonyl (C=O) groups excluding carboxylic acids is 3. The highest BCUT2D eigenvalue weighted by molar-refractivity contribution is 6.10. The first-order valence-electron chi connectivity index (χ1n) is 9.90. The van der Waals surface area contributed by atoms with Crippen LogP contribution >= 0.6 is 0 Å². The van der Waals surface area contributed by atoms with Gasteiger partial charge in [0.25, 0.3) is 5.91 Å². The van der Waals surface area contributed by atoms with Gasteiger partial charge in [-0.25, -0.2) is 13.9 Å². The Labute approximate surface area is 190 Å². The highest BCUT2D eigenvalue weighted by Gasteiger charge is 2.49. The van der Waals surface area contributed by atoms with E-state index in [0.29, 0.717) is 4.90 Å². The Morgan fingerprint density at radius 2 is 1.85 bits per heavy atom. The molecule has 0 spiro atoms. The topological polar surface area (TPSA) is 96.3 Å². The molecule has 0 bridgehead atoms. The average Bonchev–Trinajstić information content (AvgIpc) is 3.38. The second kappa shape index (κ2) is 8.28. The van der Waals surface area contributed by atoms with E-state index in [4.69, 9.17) is 0 Å². The monoisotopic (exact) mass is 475 g/mol. The zero-order chi connectivity index (χ0) is 24.7. The van der Waals surface area contributed by atoms with E-state index in [0.717, 1.165) is 24.3 Å². The van der Waals surface area contributed by atoms with E-state index >= 15 is 0 Å². The van der Waals surface area contributed by atoms with Crippen LogP contribution in [-0.2, 0) is 21.3 Å². The summed E-state index contributed by atoms with van der Waals surface area (Å²) >= 11 is 0. The first kappa shape index (κ1) is 23.0. The minimum absolute atomic E-state index is 0.125. The molecule has 1 fully saturated rings. The minimum Gasteiger partial charge on any atom is -0.324 e. The fraction of sp³-hybridized carbons (Fsp3) is 0.182. The highest BCUT2D eigenvalue weighted by atomic mass is 19.4. The Kier molecular flexibility index (Phi) is 5.59. The van der Waals surface area contributed by atoms with Crippen molar-refractivity contribution in [1.82, 2.24) is 20.0 Å². The molecule has 8 nitrogen and oxygen atoms in total. The molecule has 176 valence electrons. The largest absolute Gasteiger partial charge is 0.418 e. The minimum atomic E-state index is -4.80. The molecule has 2 N–H and O–H groups in total. The van der Waals surface area contributed by atoms with Crippen molar-refractivity contribution in [2.45, 2.75) is 18.6 Å². The smallest absolute Gasteiger partial charge is 0.324 e. The number of nitrogens with zero attached hydrogens (tertiary/aromatic N) is 3. The van der Waals surface area contributed by atoms with Gasteiger partial charge in [-0.1, -0.05) is 12.1 Å². The SMILES string of the molecule is CC1(c2ccc(F)cc2)NC(=O)N(CC(=O)Nc2ccc(-n3cccn3)cc2C(F)(F)F)C1=O. The Morgan fingerprint density at radius 1 is 1.15 bits per heavy atom. The predicted octanol–water partition coefficient (Wildman–Crippen LogP) is 3.44. The van der Waals surface area contributed by atoms with Gasteiger partial charge < -0.3 is 10.6 Å². The quantitative estimate of drug-likeness (QED) is 0.437. The van der Waals surface area contributed by atoms with Gasteiger partial charge in [0, 0.05) is 12.4 Å². The summed E-state index contributed by atoms with van der Waals surface area (Å²) < 4.78 is 55.3. The number of anilines is 1. The van der Waals surface area contributed by atoms with Crippen molar-refractivity contribution < 1.29 is 31.9 Å². The van der Waals surface area contributed by atoms with Gasteiger partial charge in [0.2, 0.25) is 5.91 Å². The Bertz CT molecular complexity index is 1260. The van der Waals surface area contributed by atoms with E-state index < -0.39 is 53.2 Å². The predicted molar refractivity (Wildman–Crippen MR) is 111 cm³/mol. The zero-order valence-corrected chi connectivity index (χ0v) is 17.6. The summed E-state index contributed by atoms with van der Waals surface area (Å²) in [6.45, 7) is 0.563. The van der Waals surface area contributed by atoms with Crippen LogP contribution in [-0.4, -0.2) is 39.1 Å². The van der Waals surface area contributed by atoms with E-state index in [-0.39, 0.29) is 11.3 Å². The second-order valence-electron chi connectivity index (χ2n) is 7.68. The van der Waals surface area contributed by atoms with Crippen LogP contribution < -0.4 is 10.6 Å². The molecule has 0 saturated carbocycles. The van der Waals surface area contributed by atoms with E-state index in [1.54, 1.807) is 6.07 Å². The van der Waals surface area contributed by atoms with Gasteiger partial charge in [-0.2, -0.15) is 18.3 Å². The summed E-state index contributed by atoms with van der Waals surface area (Å²) in [6.07, 6.45) is -1.93. The number of benzene rings is 2. The van der Waals surface area contributed by atoms with Crippen molar-refractivity contribution in [3.8, 4) is 5.69 Å². The van der Waals surface area contributed by atoms with E-state index in [9.17, 15) is 31.9 Å². The van der Waals surface area contributed by atoms with Crippen LogP contribution in [0.2, 0.25) is 0 Å². The third-order valence-electron chi connectivity index (χ3n) is 5.35. The number of carbonyl (C=O) groups is 3. The molecule has 12 heteroatoms. The fourth-order valence-corrected chi connectivity index (χ4v) is 3.59. The zero-order valence-electron chi connectivity index (χ0n) is 17.6. The number of imide groups is 1. The molecule has 1 unspecified atom stereocenters. The molecule has 4 amide bonds. The molecule has 1 aromatic heterocycles. The third kappa shape index (κ3) is 4.21. The van der Waals surface area contributed by atoms with Crippen LogP contribution in [0.4, 0.5) is 28.0 Å². The van der Waals surface area contributed by atoms with Gasteiger partial charge in [0.05, 0.1) is 16.9 Å². The van der Waals surface area contributed by atoms with Gasteiger partial charge in [0.15, 0.2) is 0 Å². The molecule has 1 aliphatic rings. The molecule has 1 aliphatic heterocycles. The van der Waals surface area contributed by atoms with E-state index in [1.165, 1.54) is 42.2 Å². The lowest BCUT2D eigenvalue weighted by atomic mass is 9.92. The number of halogens is 4. The second-order valence-corrected chi connectivity index (χ2v) is 7.68. The van der Waals surface area contributed by atoms with Crippen LogP contribution in [0.3, 0.4) is 0 Å². The molecular weight excluding hydrogens is 458 g/mol. The van der Waals surface area contributed by atoms with Gasteiger partial charge in [-0.05, 0) is 48.9 Å². The average molecular weight is 475 g/mol. The van der Waals surface area contributed by atoms with E-state index in [2.05, 4.69) is 15.7 Å². The maximum atomic E-state index is 13.6. The van der Waals surface area contributed by atoms with Crippen molar-refractivity contribution in [3.63, 3.8) is 0 Å². The number of hydrogen-bond donors (Lipinski definition) is 2. The van der Waals surface area contributed by atoms with Gasteiger partial charge >= 0.3 is 12.2 Å². The molecule has 1 saturated heterocycles. The van der Waals surface area contributed by atoms with Crippen molar-refractivity contribution >= 4 is 23.5 Å². The molecular formula is C22H17F4N5O3. The van der Waals surface area contributed by atoms with Crippen LogP contribution in [0.25, 0.3) is 5.69 Å². The molecule has 2 heterocycles. The van der Waals surface area contributed by atoms with Crippen LogP contribution in [0.15, 0.2) is 60.9 Å². The van der Waals surface area contributed by atoms with Crippen LogP contribution in [0, 0.1) is 5.82 Å². The number of rotatable bonds is 5. The molecule has 34 heavy (non-hydrogen) atoms. The standard InChI is InChI=1S/C22H17F4N5O3/c1-21(13-3-5-14(23)6-4-13)19(33)30(20(34)29-21)12-18(32)28-17-8-7-15(31-10-2-9-27-31)11-16(17)22(24,25)26/h2-11H,12H2,1H3,(H,28,32)(H,29,34). The van der Waals surface area contributed by atoms with Crippen LogP contribution in [0.1, 0.15) is 18.1 Å². The number of aromatic nitrogens is 2. The first-order valence-corrected chi connectivity index (χ1v) is 9.90. The van der Waals surface area contributed by atoms with Crippen molar-refractivity contribution in [2.24, 2.45) is 0 Å². The molecule has 3 aromatic rings. The third-order valence-corrected chi connectivity index (χ3v) is 5.35. The maximum absolute atomic E-state index is 13.6. The summed E-state index contributed by atoms with van der Waals surface area (Å²) in [5, 5.41) is 8.44. The number of alkyl halides is 3. The number of nitrogens with one attached hydrogen (secondary N) is 2. The number of hydrogen-bond acceptors (Lipinski definition) is 4. The highest BCUT2D eigenvalue weighted by Crippen LogP contribution is 2.36. The molecule has 0 radical (unpaired) electrons. The fourth-order valence-electron chi connectivity index (χ4n) is 3.59. The molecule has 0 aliphatic carbocycles. The lowest BCUT2D eigenvalue weighted by molar-refractivity contribution is -0.137. The summed E-state index contributed by atoms with van der Waals surface area (Å²) in [6, 6.07) is 8.70. The van der Waals surface area contributed by atoms with E-state index in [1.807, 2.05) is 0 Å². The first-order chi connectivity index (χ1) is 16.0. The summed E-state index contributed by atoms with van der Waals surface area (Å²) in [4.78, 5) is 38.4. The maximum Gasteiger partial charge on any atom is 0.418 e. The Hall–Kier alpha value is -4.22. The van der Waals surface area contributed by atoms with Crippen molar-refractivity contribution in [3.05, 3.63) is 77.9 Å². The summed E-state index contributed by atoms with van der Waals surface area (Å²) in [7, 11) is 0. The Morgan fingerprint density at radius 3 is 2.47 bits per heavy atom. The van der Waals surface area contributed by atoms with Gasteiger partial charge in [-0.3, -0.25) is 14.5 Å². The molecule has 2 aromatic carbocycles. The van der Waals surface area contributed by atoms with Crippen molar-refractivity contribution in [2.75, 3.05) is 11.9 Å². The van der Waals surface area contributed by atoms with Crippen LogP contribution in [0.5, 0.6) is 0 Å². The number of urea groups is 1.